The summed E-state index contributed by atoms with van der Waals surface area (Å²) in [6.07, 6.45) is 0.905. The maximum Gasteiger partial charge on any atom is 0.179 e. The van der Waals surface area contributed by atoms with E-state index in [1.54, 1.807) is 0 Å². The van der Waals surface area contributed by atoms with Gasteiger partial charge in [0.25, 0.3) is 0 Å². The van der Waals surface area contributed by atoms with Gasteiger partial charge in [-0.05, 0) is 26.0 Å². The molecule has 1 aromatic heterocycles. The average Bonchev–Trinajstić information content (AvgIpc) is 2.81. The van der Waals surface area contributed by atoms with E-state index < -0.39 is 0 Å². The molecule has 3 rings (SSSR count). The quantitative estimate of drug-likeness (QED) is 0.636. The fourth-order valence-corrected chi connectivity index (χ4v) is 3.35. The summed E-state index contributed by atoms with van der Waals surface area (Å²) in [6.45, 7) is 4.72. The van der Waals surface area contributed by atoms with Crippen molar-refractivity contribution in [2.24, 2.45) is 0 Å². The zero-order chi connectivity index (χ0) is 15.0. The summed E-state index contributed by atoms with van der Waals surface area (Å²) in [6, 6.07) is 10.3. The standard InChI is InChI=1S/C17H18ClNO2/c1-11-9-14(16(20)10-18)12(2)19(11)15-7-8-21-17-6-4-3-5-13(15)17/h3-6,9,15H,7-8,10H2,1-2H3. The molecule has 21 heavy (non-hydrogen) atoms. The lowest BCUT2D eigenvalue weighted by Crippen LogP contribution is -2.22. The van der Waals surface area contributed by atoms with Gasteiger partial charge < -0.3 is 9.30 Å². The molecule has 0 saturated heterocycles. The number of ketones is 1. The summed E-state index contributed by atoms with van der Waals surface area (Å²) in [5.74, 6) is 0.942. The van der Waals surface area contributed by atoms with Gasteiger partial charge in [-0.1, -0.05) is 18.2 Å². The summed E-state index contributed by atoms with van der Waals surface area (Å²) in [4.78, 5) is 12.0. The van der Waals surface area contributed by atoms with Gasteiger partial charge in [-0.3, -0.25) is 4.79 Å². The molecule has 1 atom stereocenters. The number of carbonyl (C=O) groups is 1. The van der Waals surface area contributed by atoms with Crippen molar-refractivity contribution in [2.75, 3.05) is 12.5 Å². The predicted octanol–water partition coefficient (Wildman–Crippen LogP) is 3.90. The van der Waals surface area contributed by atoms with Gasteiger partial charge in [0.15, 0.2) is 5.78 Å². The summed E-state index contributed by atoms with van der Waals surface area (Å²) < 4.78 is 7.97. The van der Waals surface area contributed by atoms with Crippen molar-refractivity contribution in [1.82, 2.24) is 4.57 Å². The van der Waals surface area contributed by atoms with Crippen LogP contribution in [0.3, 0.4) is 0 Å². The molecule has 0 bridgehead atoms. The Morgan fingerprint density at radius 3 is 2.90 bits per heavy atom. The molecular weight excluding hydrogens is 286 g/mol. The van der Waals surface area contributed by atoms with E-state index in [1.807, 2.05) is 38.1 Å². The largest absolute Gasteiger partial charge is 0.493 e. The Balaban J connectivity index is 2.10. The van der Waals surface area contributed by atoms with Crippen LogP contribution in [0.4, 0.5) is 0 Å². The van der Waals surface area contributed by atoms with Gasteiger partial charge in [-0.25, -0.2) is 0 Å². The third-order valence-electron chi connectivity index (χ3n) is 4.14. The molecule has 110 valence electrons. The number of hydrogen-bond acceptors (Lipinski definition) is 2. The molecule has 0 amide bonds. The molecule has 0 aliphatic carbocycles. The van der Waals surface area contributed by atoms with E-state index in [9.17, 15) is 4.79 Å². The number of para-hydroxylation sites is 1. The molecule has 1 aliphatic heterocycles. The number of aryl methyl sites for hydroxylation is 1. The Labute approximate surface area is 129 Å². The fourth-order valence-electron chi connectivity index (χ4n) is 3.20. The lowest BCUT2D eigenvalue weighted by atomic mass is 10.00. The van der Waals surface area contributed by atoms with Crippen molar-refractivity contribution < 1.29 is 9.53 Å². The summed E-state index contributed by atoms with van der Waals surface area (Å²) in [7, 11) is 0. The third-order valence-corrected chi connectivity index (χ3v) is 4.39. The minimum atomic E-state index is -0.0173. The van der Waals surface area contributed by atoms with Crippen LogP contribution in [0.2, 0.25) is 0 Å². The molecule has 0 fully saturated rings. The van der Waals surface area contributed by atoms with Crippen LogP contribution in [-0.2, 0) is 0 Å². The molecule has 1 unspecified atom stereocenters. The van der Waals surface area contributed by atoms with E-state index in [4.69, 9.17) is 16.3 Å². The van der Waals surface area contributed by atoms with Crippen LogP contribution in [0.5, 0.6) is 5.75 Å². The lowest BCUT2D eigenvalue weighted by Gasteiger charge is -2.29. The summed E-state index contributed by atoms with van der Waals surface area (Å²) in [5.41, 5.74) is 3.98. The molecule has 1 aromatic carbocycles. The first-order valence-corrected chi connectivity index (χ1v) is 7.66. The van der Waals surface area contributed by atoms with Crippen molar-refractivity contribution in [3.63, 3.8) is 0 Å². The number of rotatable bonds is 3. The van der Waals surface area contributed by atoms with Gasteiger partial charge >= 0.3 is 0 Å². The molecule has 1 aliphatic rings. The van der Waals surface area contributed by atoms with E-state index in [2.05, 4.69) is 10.6 Å². The van der Waals surface area contributed by atoms with Crippen LogP contribution in [0.25, 0.3) is 0 Å². The second kappa shape index (κ2) is 5.57. The number of Topliss-reactive ketones (excluding diaryl/α,β-unsaturated/α-hetero) is 1. The first-order chi connectivity index (χ1) is 10.1. The fraction of sp³-hybridized carbons (Fsp3) is 0.353. The smallest absolute Gasteiger partial charge is 0.179 e. The number of nitrogens with zero attached hydrogens (tertiary/aromatic N) is 1. The van der Waals surface area contributed by atoms with Crippen molar-refractivity contribution >= 4 is 17.4 Å². The van der Waals surface area contributed by atoms with Gasteiger partial charge in [0.1, 0.15) is 5.75 Å². The number of halogens is 1. The number of fused-ring (bicyclic) bond motifs is 1. The van der Waals surface area contributed by atoms with Gasteiger partial charge in [-0.15, -0.1) is 11.6 Å². The Morgan fingerprint density at radius 1 is 1.38 bits per heavy atom. The highest BCUT2D eigenvalue weighted by Gasteiger charge is 2.26. The molecule has 0 saturated carbocycles. The van der Waals surface area contributed by atoms with E-state index in [0.717, 1.165) is 29.1 Å². The van der Waals surface area contributed by atoms with E-state index in [0.29, 0.717) is 6.61 Å². The highest BCUT2D eigenvalue weighted by molar-refractivity contribution is 6.30. The van der Waals surface area contributed by atoms with Crippen molar-refractivity contribution in [3.05, 3.63) is 52.8 Å². The molecule has 0 spiro atoms. The second-order valence-corrected chi connectivity index (χ2v) is 5.67. The van der Waals surface area contributed by atoms with Crippen LogP contribution < -0.4 is 4.74 Å². The normalized spacial score (nSPS) is 17.2. The van der Waals surface area contributed by atoms with E-state index in [-0.39, 0.29) is 17.7 Å². The number of hydrogen-bond donors (Lipinski definition) is 0. The molecular formula is C17H18ClNO2. The summed E-state index contributed by atoms with van der Waals surface area (Å²) >= 11 is 5.71. The molecule has 3 nitrogen and oxygen atoms in total. The number of benzene rings is 1. The van der Waals surface area contributed by atoms with Crippen molar-refractivity contribution in [1.29, 1.82) is 0 Å². The first kappa shape index (κ1) is 14.2. The van der Waals surface area contributed by atoms with Crippen LogP contribution in [0, 0.1) is 13.8 Å². The van der Waals surface area contributed by atoms with Gasteiger partial charge in [0, 0.05) is 28.9 Å². The number of aromatic nitrogens is 1. The van der Waals surface area contributed by atoms with Crippen molar-refractivity contribution in [2.45, 2.75) is 26.3 Å². The number of carbonyl (C=O) groups excluding carboxylic acids is 1. The van der Waals surface area contributed by atoms with Crippen LogP contribution in [0.1, 0.15) is 39.8 Å². The monoisotopic (exact) mass is 303 g/mol. The highest BCUT2D eigenvalue weighted by Crippen LogP contribution is 2.37. The molecule has 2 aromatic rings. The molecule has 4 heteroatoms. The van der Waals surface area contributed by atoms with Crippen LogP contribution in [0.15, 0.2) is 30.3 Å². The van der Waals surface area contributed by atoms with Crippen molar-refractivity contribution in [3.8, 4) is 5.75 Å². The maximum atomic E-state index is 12.0. The molecule has 0 radical (unpaired) electrons. The molecule has 2 heterocycles. The van der Waals surface area contributed by atoms with Gasteiger partial charge in [0.2, 0.25) is 0 Å². The Kier molecular flexibility index (Phi) is 3.77. The van der Waals surface area contributed by atoms with Crippen LogP contribution >= 0.6 is 11.6 Å². The highest BCUT2D eigenvalue weighted by atomic mass is 35.5. The van der Waals surface area contributed by atoms with Gasteiger partial charge in [0.05, 0.1) is 18.5 Å². The Morgan fingerprint density at radius 2 is 2.14 bits per heavy atom. The van der Waals surface area contributed by atoms with Crippen LogP contribution in [-0.4, -0.2) is 22.8 Å². The maximum absolute atomic E-state index is 12.0. The number of alkyl halides is 1. The predicted molar refractivity (Wildman–Crippen MR) is 83.6 cm³/mol. The minimum absolute atomic E-state index is 0.0173. The van der Waals surface area contributed by atoms with E-state index >= 15 is 0 Å². The Bertz CT molecular complexity index is 690. The van der Waals surface area contributed by atoms with E-state index in [1.165, 1.54) is 5.56 Å². The second-order valence-electron chi connectivity index (χ2n) is 5.40. The zero-order valence-electron chi connectivity index (χ0n) is 12.2. The SMILES string of the molecule is Cc1cc(C(=O)CCl)c(C)n1C1CCOc2ccccc21. The topological polar surface area (TPSA) is 31.2 Å². The zero-order valence-corrected chi connectivity index (χ0v) is 13.0. The minimum Gasteiger partial charge on any atom is -0.493 e. The first-order valence-electron chi connectivity index (χ1n) is 7.12. The Hall–Kier alpha value is -1.74. The number of ether oxygens (including phenoxy) is 1. The molecule has 0 N–H and O–H groups in total. The van der Waals surface area contributed by atoms with Gasteiger partial charge in [-0.2, -0.15) is 0 Å². The third kappa shape index (κ3) is 2.36. The summed E-state index contributed by atoms with van der Waals surface area (Å²) in [5, 5.41) is 0. The lowest BCUT2D eigenvalue weighted by molar-refractivity contribution is 0.102. The average molecular weight is 304 g/mol.